The molecule has 0 bridgehead atoms. The topological polar surface area (TPSA) is 68.6 Å². The van der Waals surface area contributed by atoms with Gasteiger partial charge in [0, 0.05) is 16.7 Å². The molecular weight excluding hydrogens is 373 g/mol. The lowest BCUT2D eigenvalue weighted by molar-refractivity contribution is -0.112. The van der Waals surface area contributed by atoms with E-state index in [1.807, 2.05) is 36.4 Å². The zero-order valence-electron chi connectivity index (χ0n) is 15.3. The van der Waals surface area contributed by atoms with Crippen molar-refractivity contribution in [3.8, 4) is 11.8 Å². The van der Waals surface area contributed by atoms with Crippen LogP contribution in [0.2, 0.25) is 0 Å². The van der Waals surface area contributed by atoms with E-state index < -0.39 is 18.1 Å². The molecule has 0 saturated carbocycles. The molecule has 3 aromatic carbocycles. The SMILES string of the molecule is N#Cc1cccc(C(=O)OCc2cc(F)cc3c2O[C@@H](c2ccccc2)OC3)c1. The summed E-state index contributed by atoms with van der Waals surface area (Å²) in [5.74, 6) is -0.622. The first kappa shape index (κ1) is 18.7. The molecule has 0 radical (unpaired) electrons. The predicted octanol–water partition coefficient (Wildman–Crippen LogP) is 4.66. The van der Waals surface area contributed by atoms with Crippen LogP contribution in [0.1, 0.15) is 38.9 Å². The molecule has 3 aromatic rings. The Bertz CT molecular complexity index is 1090. The highest BCUT2D eigenvalue weighted by atomic mass is 19.1. The van der Waals surface area contributed by atoms with E-state index >= 15 is 0 Å². The van der Waals surface area contributed by atoms with Crippen molar-refractivity contribution in [1.82, 2.24) is 0 Å². The van der Waals surface area contributed by atoms with E-state index in [9.17, 15) is 9.18 Å². The maximum atomic E-state index is 14.0. The highest BCUT2D eigenvalue weighted by Gasteiger charge is 2.25. The Hall–Kier alpha value is -3.69. The van der Waals surface area contributed by atoms with E-state index in [-0.39, 0.29) is 18.8 Å². The lowest BCUT2D eigenvalue weighted by atomic mass is 10.1. The second-order valence-corrected chi connectivity index (χ2v) is 6.49. The normalized spacial score (nSPS) is 15.0. The maximum absolute atomic E-state index is 14.0. The summed E-state index contributed by atoms with van der Waals surface area (Å²) in [4.78, 5) is 12.3. The third-order valence-electron chi connectivity index (χ3n) is 4.48. The molecule has 0 unspecified atom stereocenters. The predicted molar refractivity (Wildman–Crippen MR) is 101 cm³/mol. The molecule has 0 aromatic heterocycles. The van der Waals surface area contributed by atoms with Gasteiger partial charge in [0.1, 0.15) is 18.2 Å². The lowest BCUT2D eigenvalue weighted by Gasteiger charge is -2.28. The summed E-state index contributed by atoms with van der Waals surface area (Å²) in [5, 5.41) is 8.96. The van der Waals surface area contributed by atoms with Gasteiger partial charge in [-0.2, -0.15) is 5.26 Å². The molecule has 1 aliphatic rings. The zero-order chi connectivity index (χ0) is 20.2. The molecule has 29 heavy (non-hydrogen) atoms. The molecular formula is C23H16FNO4. The molecule has 144 valence electrons. The number of benzene rings is 3. The van der Waals surface area contributed by atoms with E-state index in [4.69, 9.17) is 19.5 Å². The summed E-state index contributed by atoms with van der Waals surface area (Å²) in [6.07, 6.45) is -0.629. The van der Waals surface area contributed by atoms with Crippen molar-refractivity contribution in [2.45, 2.75) is 19.5 Å². The quantitative estimate of drug-likeness (QED) is 0.607. The number of nitriles is 1. The van der Waals surface area contributed by atoms with E-state index in [2.05, 4.69) is 0 Å². The fourth-order valence-corrected chi connectivity index (χ4v) is 3.10. The minimum Gasteiger partial charge on any atom is -0.460 e. The molecule has 0 amide bonds. The van der Waals surface area contributed by atoms with E-state index in [0.29, 0.717) is 22.4 Å². The summed E-state index contributed by atoms with van der Waals surface area (Å²) in [6.45, 7) is 0.00896. The van der Waals surface area contributed by atoms with Crippen LogP contribution in [0, 0.1) is 17.1 Å². The van der Waals surface area contributed by atoms with Gasteiger partial charge in [0.15, 0.2) is 0 Å². The summed E-state index contributed by atoms with van der Waals surface area (Å²) in [7, 11) is 0. The van der Waals surface area contributed by atoms with Gasteiger partial charge in [0.25, 0.3) is 0 Å². The third-order valence-corrected chi connectivity index (χ3v) is 4.48. The molecule has 5 nitrogen and oxygen atoms in total. The van der Waals surface area contributed by atoms with Gasteiger partial charge in [-0.3, -0.25) is 0 Å². The fraction of sp³-hybridized carbons (Fsp3) is 0.130. The fourth-order valence-electron chi connectivity index (χ4n) is 3.10. The molecule has 1 heterocycles. The van der Waals surface area contributed by atoms with Crippen LogP contribution in [0.5, 0.6) is 5.75 Å². The summed E-state index contributed by atoms with van der Waals surface area (Å²) in [6, 6.07) is 20.2. The van der Waals surface area contributed by atoms with E-state index in [0.717, 1.165) is 5.56 Å². The van der Waals surface area contributed by atoms with E-state index in [1.54, 1.807) is 18.2 Å². The third kappa shape index (κ3) is 4.10. The van der Waals surface area contributed by atoms with Crippen molar-refractivity contribution >= 4 is 5.97 Å². The minimum absolute atomic E-state index is 0.169. The summed E-state index contributed by atoms with van der Waals surface area (Å²) in [5.41, 5.74) is 2.40. The highest BCUT2D eigenvalue weighted by Crippen LogP contribution is 2.36. The van der Waals surface area contributed by atoms with Gasteiger partial charge in [-0.05, 0) is 30.3 Å². The van der Waals surface area contributed by atoms with Crippen molar-refractivity contribution in [3.63, 3.8) is 0 Å². The number of esters is 1. The van der Waals surface area contributed by atoms with Crippen molar-refractivity contribution in [1.29, 1.82) is 5.26 Å². The Morgan fingerprint density at radius 1 is 1.14 bits per heavy atom. The van der Waals surface area contributed by atoms with Crippen molar-refractivity contribution in [3.05, 3.63) is 100 Å². The zero-order valence-corrected chi connectivity index (χ0v) is 15.3. The second-order valence-electron chi connectivity index (χ2n) is 6.49. The molecule has 0 N–H and O–H groups in total. The Kier molecular flexibility index (Phi) is 5.23. The highest BCUT2D eigenvalue weighted by molar-refractivity contribution is 5.89. The molecule has 0 aliphatic carbocycles. The number of fused-ring (bicyclic) bond motifs is 1. The number of carbonyl (C=O) groups excluding carboxylic acids is 1. The summed E-state index contributed by atoms with van der Waals surface area (Å²) >= 11 is 0. The average molecular weight is 389 g/mol. The summed E-state index contributed by atoms with van der Waals surface area (Å²) < 4.78 is 31.0. The van der Waals surface area contributed by atoms with Crippen molar-refractivity contribution < 1.29 is 23.4 Å². The number of rotatable bonds is 4. The van der Waals surface area contributed by atoms with Crippen LogP contribution in [0.4, 0.5) is 4.39 Å². The van der Waals surface area contributed by atoms with Crippen LogP contribution in [-0.2, 0) is 22.7 Å². The minimum atomic E-state index is -0.629. The van der Waals surface area contributed by atoms with Crippen LogP contribution in [0.25, 0.3) is 0 Å². The molecule has 0 saturated heterocycles. The first-order valence-corrected chi connectivity index (χ1v) is 8.96. The van der Waals surface area contributed by atoms with E-state index in [1.165, 1.54) is 18.2 Å². The van der Waals surface area contributed by atoms with Gasteiger partial charge in [0.05, 0.1) is 23.8 Å². The van der Waals surface area contributed by atoms with Gasteiger partial charge in [-0.1, -0.05) is 36.4 Å². The monoisotopic (exact) mass is 389 g/mol. The average Bonchev–Trinajstić information content (AvgIpc) is 2.77. The number of halogens is 1. The Morgan fingerprint density at radius 2 is 1.97 bits per heavy atom. The van der Waals surface area contributed by atoms with Gasteiger partial charge < -0.3 is 14.2 Å². The maximum Gasteiger partial charge on any atom is 0.338 e. The molecule has 0 spiro atoms. The standard InChI is InChI=1S/C23H16FNO4/c24-20-10-18(13-27-22(26)17-8-4-5-15(9-17)12-25)21-19(11-20)14-28-23(29-21)16-6-2-1-3-7-16/h1-11,23H,13-14H2/t23-/m0/s1. The largest absolute Gasteiger partial charge is 0.460 e. The molecule has 1 atom stereocenters. The van der Waals surface area contributed by atoms with Crippen LogP contribution < -0.4 is 4.74 Å². The second kappa shape index (κ2) is 8.13. The molecule has 4 rings (SSSR count). The number of nitrogens with zero attached hydrogens (tertiary/aromatic N) is 1. The molecule has 6 heteroatoms. The Balaban J connectivity index is 1.55. The smallest absolute Gasteiger partial charge is 0.338 e. The van der Waals surface area contributed by atoms with Crippen LogP contribution in [0.15, 0.2) is 66.7 Å². The first-order valence-electron chi connectivity index (χ1n) is 8.96. The van der Waals surface area contributed by atoms with Crippen LogP contribution in [0.3, 0.4) is 0 Å². The van der Waals surface area contributed by atoms with Crippen LogP contribution in [-0.4, -0.2) is 5.97 Å². The van der Waals surface area contributed by atoms with Gasteiger partial charge in [0.2, 0.25) is 6.29 Å². The lowest BCUT2D eigenvalue weighted by Crippen LogP contribution is -2.20. The molecule has 0 fully saturated rings. The van der Waals surface area contributed by atoms with Gasteiger partial charge in [-0.25, -0.2) is 9.18 Å². The Labute approximate surface area is 166 Å². The number of hydrogen-bond acceptors (Lipinski definition) is 5. The number of carbonyl (C=O) groups is 1. The van der Waals surface area contributed by atoms with Crippen LogP contribution >= 0.6 is 0 Å². The number of ether oxygens (including phenoxy) is 3. The number of hydrogen-bond donors (Lipinski definition) is 0. The van der Waals surface area contributed by atoms with Gasteiger partial charge in [-0.15, -0.1) is 0 Å². The van der Waals surface area contributed by atoms with Crippen molar-refractivity contribution in [2.24, 2.45) is 0 Å². The first-order chi connectivity index (χ1) is 14.1. The molecule has 1 aliphatic heterocycles. The van der Waals surface area contributed by atoms with Crippen molar-refractivity contribution in [2.75, 3.05) is 0 Å². The Morgan fingerprint density at radius 3 is 2.76 bits per heavy atom. The van der Waals surface area contributed by atoms with Gasteiger partial charge >= 0.3 is 5.97 Å².